The van der Waals surface area contributed by atoms with Crippen LogP contribution in [0.15, 0.2) is 46.1 Å². The van der Waals surface area contributed by atoms with Crippen LogP contribution in [0.25, 0.3) is 0 Å². The molecular weight excluding hydrogens is 310 g/mol. The number of aliphatic imine (C=N–C) groups is 1. The molecule has 1 unspecified atom stereocenters. The van der Waals surface area contributed by atoms with Crippen LogP contribution < -0.4 is 20.1 Å². The maximum Gasteiger partial charge on any atom is 0.191 e. The van der Waals surface area contributed by atoms with Crippen LogP contribution in [0.4, 0.5) is 0 Å². The van der Waals surface area contributed by atoms with Crippen LogP contribution in [0.3, 0.4) is 0 Å². The molecule has 2 N–H and O–H groups in total. The molecule has 1 aromatic carbocycles. The summed E-state index contributed by atoms with van der Waals surface area (Å²) in [5, 5.41) is 10.7. The first-order chi connectivity index (χ1) is 11.2. The van der Waals surface area contributed by atoms with Gasteiger partial charge >= 0.3 is 0 Å². The fraction of sp³-hybridized carbons (Fsp3) is 0.353. The van der Waals surface area contributed by atoms with Gasteiger partial charge < -0.3 is 20.1 Å². The highest BCUT2D eigenvalue weighted by Gasteiger charge is 2.09. The van der Waals surface area contributed by atoms with Crippen molar-refractivity contribution in [3.05, 3.63) is 46.7 Å². The summed E-state index contributed by atoms with van der Waals surface area (Å²) in [4.78, 5) is 4.22. The number of ether oxygens (including phenoxy) is 2. The molecule has 1 aromatic heterocycles. The van der Waals surface area contributed by atoms with Crippen LogP contribution in [-0.2, 0) is 6.54 Å². The monoisotopic (exact) mass is 333 g/mol. The van der Waals surface area contributed by atoms with Gasteiger partial charge in [-0.25, -0.2) is 0 Å². The van der Waals surface area contributed by atoms with Gasteiger partial charge in [-0.05, 0) is 41.4 Å². The Hall–Kier alpha value is -2.21. The number of guanidine groups is 1. The van der Waals surface area contributed by atoms with Crippen molar-refractivity contribution >= 4 is 17.3 Å². The summed E-state index contributed by atoms with van der Waals surface area (Å²) in [7, 11) is 3.40. The summed E-state index contributed by atoms with van der Waals surface area (Å²) < 4.78 is 11.2. The molecule has 0 amide bonds. The highest BCUT2D eigenvalue weighted by Crippen LogP contribution is 2.26. The molecule has 0 saturated heterocycles. The fourth-order valence-corrected chi connectivity index (χ4v) is 2.68. The molecule has 0 saturated carbocycles. The third-order valence-electron chi connectivity index (χ3n) is 3.22. The Morgan fingerprint density at radius 1 is 1.22 bits per heavy atom. The Bertz CT molecular complexity index is 614. The van der Waals surface area contributed by atoms with Gasteiger partial charge in [0.05, 0.1) is 13.7 Å². The highest BCUT2D eigenvalue weighted by atomic mass is 32.1. The maximum absolute atomic E-state index is 5.91. The Morgan fingerprint density at radius 2 is 2.00 bits per heavy atom. The molecular formula is C17H23N3O2S. The summed E-state index contributed by atoms with van der Waals surface area (Å²) in [6.07, 6.45) is -0.0222. The minimum atomic E-state index is -0.0222. The summed E-state index contributed by atoms with van der Waals surface area (Å²) in [6, 6.07) is 9.73. The first-order valence-electron chi connectivity index (χ1n) is 7.48. The van der Waals surface area contributed by atoms with Gasteiger partial charge in [0.1, 0.15) is 6.10 Å². The summed E-state index contributed by atoms with van der Waals surface area (Å²) in [6.45, 7) is 3.40. The number of hydrogen-bond acceptors (Lipinski definition) is 4. The molecule has 0 fully saturated rings. The standard InChI is InChI=1S/C17H23N3O2S/c1-13(22-16-7-5-4-6-15(16)21-3)10-19-17(18-2)20-11-14-8-9-23-12-14/h4-9,12-13H,10-11H2,1-3H3,(H2,18,19,20). The number of methoxy groups -OCH3 is 1. The number of nitrogens with zero attached hydrogens (tertiary/aromatic N) is 1. The van der Waals surface area contributed by atoms with Crippen molar-refractivity contribution in [3.63, 3.8) is 0 Å². The topological polar surface area (TPSA) is 54.9 Å². The van der Waals surface area contributed by atoms with E-state index in [2.05, 4.69) is 32.5 Å². The molecule has 2 rings (SSSR count). The zero-order valence-corrected chi connectivity index (χ0v) is 14.5. The van der Waals surface area contributed by atoms with E-state index in [4.69, 9.17) is 9.47 Å². The second-order valence-corrected chi connectivity index (χ2v) is 5.80. The minimum Gasteiger partial charge on any atom is -0.493 e. The van der Waals surface area contributed by atoms with Gasteiger partial charge in [-0.3, -0.25) is 4.99 Å². The van der Waals surface area contributed by atoms with Crippen LogP contribution in [0.5, 0.6) is 11.5 Å². The number of nitrogens with one attached hydrogen (secondary N) is 2. The quantitative estimate of drug-likeness (QED) is 0.604. The average Bonchev–Trinajstić information content (AvgIpc) is 3.09. The van der Waals surface area contributed by atoms with Gasteiger partial charge in [0.15, 0.2) is 17.5 Å². The fourth-order valence-electron chi connectivity index (χ4n) is 2.01. The van der Waals surface area contributed by atoms with Crippen molar-refractivity contribution in [2.45, 2.75) is 19.6 Å². The van der Waals surface area contributed by atoms with Gasteiger partial charge in [-0.1, -0.05) is 12.1 Å². The molecule has 1 heterocycles. The maximum atomic E-state index is 5.91. The van der Waals surface area contributed by atoms with Gasteiger partial charge in [0.2, 0.25) is 0 Å². The third kappa shape index (κ3) is 5.49. The third-order valence-corrected chi connectivity index (χ3v) is 3.95. The van der Waals surface area contributed by atoms with Gasteiger partial charge in [-0.2, -0.15) is 11.3 Å². The lowest BCUT2D eigenvalue weighted by Gasteiger charge is -2.19. The molecule has 0 spiro atoms. The Kier molecular flexibility index (Phi) is 6.75. The molecule has 1 atom stereocenters. The Labute approximate surface area is 141 Å². The van der Waals surface area contributed by atoms with E-state index in [-0.39, 0.29) is 6.10 Å². The zero-order valence-electron chi connectivity index (χ0n) is 13.7. The Morgan fingerprint density at radius 3 is 2.65 bits per heavy atom. The molecule has 0 aliphatic carbocycles. The second kappa shape index (κ2) is 9.05. The summed E-state index contributed by atoms with van der Waals surface area (Å²) in [5.74, 6) is 2.23. The van der Waals surface area contributed by atoms with Crippen LogP contribution in [-0.4, -0.2) is 32.8 Å². The smallest absolute Gasteiger partial charge is 0.191 e. The van der Waals surface area contributed by atoms with Crippen LogP contribution in [0.2, 0.25) is 0 Å². The second-order valence-electron chi connectivity index (χ2n) is 5.02. The number of hydrogen-bond donors (Lipinski definition) is 2. The zero-order chi connectivity index (χ0) is 16.5. The SMILES string of the molecule is CN=C(NCc1ccsc1)NCC(C)Oc1ccccc1OC. The van der Waals surface area contributed by atoms with Gasteiger partial charge in [0, 0.05) is 13.6 Å². The molecule has 0 aliphatic heterocycles. The molecule has 5 nitrogen and oxygen atoms in total. The van der Waals surface area contributed by atoms with Crippen molar-refractivity contribution in [1.29, 1.82) is 0 Å². The van der Waals surface area contributed by atoms with Crippen molar-refractivity contribution in [3.8, 4) is 11.5 Å². The van der Waals surface area contributed by atoms with E-state index >= 15 is 0 Å². The van der Waals surface area contributed by atoms with Crippen LogP contribution >= 0.6 is 11.3 Å². The van der Waals surface area contributed by atoms with E-state index in [0.29, 0.717) is 6.54 Å². The van der Waals surface area contributed by atoms with E-state index in [1.165, 1.54) is 5.56 Å². The van der Waals surface area contributed by atoms with Crippen molar-refractivity contribution < 1.29 is 9.47 Å². The van der Waals surface area contributed by atoms with E-state index in [1.54, 1.807) is 25.5 Å². The highest BCUT2D eigenvalue weighted by molar-refractivity contribution is 7.07. The number of benzene rings is 1. The number of para-hydroxylation sites is 2. The van der Waals surface area contributed by atoms with E-state index in [9.17, 15) is 0 Å². The number of thiophene rings is 1. The van der Waals surface area contributed by atoms with E-state index in [1.807, 2.05) is 31.2 Å². The molecule has 0 bridgehead atoms. The first-order valence-corrected chi connectivity index (χ1v) is 8.42. The van der Waals surface area contributed by atoms with Crippen molar-refractivity contribution in [2.75, 3.05) is 20.7 Å². The first kappa shape index (κ1) is 17.1. The number of rotatable bonds is 7. The lowest BCUT2D eigenvalue weighted by atomic mass is 10.3. The normalized spacial score (nSPS) is 12.6. The van der Waals surface area contributed by atoms with Gasteiger partial charge in [0.25, 0.3) is 0 Å². The predicted molar refractivity (Wildman–Crippen MR) is 95.6 cm³/mol. The van der Waals surface area contributed by atoms with Crippen LogP contribution in [0, 0.1) is 0 Å². The molecule has 23 heavy (non-hydrogen) atoms. The van der Waals surface area contributed by atoms with Crippen molar-refractivity contribution in [2.24, 2.45) is 4.99 Å². The van der Waals surface area contributed by atoms with E-state index in [0.717, 1.165) is 24.0 Å². The van der Waals surface area contributed by atoms with Crippen LogP contribution in [0.1, 0.15) is 12.5 Å². The van der Waals surface area contributed by atoms with Crippen molar-refractivity contribution in [1.82, 2.24) is 10.6 Å². The van der Waals surface area contributed by atoms with E-state index < -0.39 is 0 Å². The molecule has 124 valence electrons. The molecule has 2 aromatic rings. The summed E-state index contributed by atoms with van der Waals surface area (Å²) >= 11 is 1.69. The predicted octanol–water partition coefficient (Wildman–Crippen LogP) is 2.89. The minimum absolute atomic E-state index is 0.0222. The average molecular weight is 333 g/mol. The largest absolute Gasteiger partial charge is 0.493 e. The molecule has 6 heteroatoms. The Balaban J connectivity index is 1.79. The van der Waals surface area contributed by atoms with Gasteiger partial charge in [-0.15, -0.1) is 0 Å². The molecule has 0 radical (unpaired) electrons. The lowest BCUT2D eigenvalue weighted by molar-refractivity contribution is 0.213. The lowest BCUT2D eigenvalue weighted by Crippen LogP contribution is -2.41. The molecule has 0 aliphatic rings. The summed E-state index contributed by atoms with van der Waals surface area (Å²) in [5.41, 5.74) is 1.25.